The maximum Gasteiger partial charge on any atom is 0.245 e. The lowest BCUT2D eigenvalue weighted by atomic mass is 10.2. The summed E-state index contributed by atoms with van der Waals surface area (Å²) in [4.78, 5) is 2.34. The van der Waals surface area contributed by atoms with Gasteiger partial charge >= 0.3 is 0 Å². The van der Waals surface area contributed by atoms with Crippen LogP contribution in [0, 0.1) is 0 Å². The molecule has 0 aliphatic carbocycles. The van der Waals surface area contributed by atoms with Gasteiger partial charge in [0.15, 0.2) is 4.67 Å². The largest absolute Gasteiger partial charge is 0.452 e. The lowest BCUT2D eigenvalue weighted by Crippen LogP contribution is -2.38. The summed E-state index contributed by atoms with van der Waals surface area (Å²) in [6, 6.07) is 1.81. The number of halogens is 1. The number of nitrogens with one attached hydrogen (secondary N) is 2. The normalized spacial score (nSPS) is 20.6. The molecule has 1 atom stereocenters. The Bertz CT molecular complexity index is 558. The first-order valence-electron chi connectivity index (χ1n) is 6.56. The summed E-state index contributed by atoms with van der Waals surface area (Å²) in [5, 5.41) is 2.92. The maximum absolute atomic E-state index is 12.3. The molecule has 0 aromatic carbocycles. The van der Waals surface area contributed by atoms with Crippen molar-refractivity contribution in [3.05, 3.63) is 16.5 Å². The Hall–Kier alpha value is -0.410. The van der Waals surface area contributed by atoms with Crippen LogP contribution < -0.4 is 10.0 Å². The van der Waals surface area contributed by atoms with Gasteiger partial charge in [0.1, 0.15) is 10.7 Å². The number of furan rings is 1. The number of nitrogens with zero attached hydrogens (tertiary/aromatic N) is 1. The van der Waals surface area contributed by atoms with Gasteiger partial charge in [-0.1, -0.05) is 0 Å². The van der Waals surface area contributed by atoms with E-state index in [1.807, 2.05) is 7.05 Å². The first-order valence-corrected chi connectivity index (χ1v) is 8.84. The zero-order valence-electron chi connectivity index (χ0n) is 11.6. The molecule has 0 bridgehead atoms. The van der Waals surface area contributed by atoms with Gasteiger partial charge in [0.05, 0.1) is 6.54 Å². The van der Waals surface area contributed by atoms with Gasteiger partial charge in [-0.3, -0.25) is 0 Å². The summed E-state index contributed by atoms with van der Waals surface area (Å²) >= 11 is 3.16. The van der Waals surface area contributed by atoms with Crippen LogP contribution in [-0.2, 0) is 16.6 Å². The second kappa shape index (κ2) is 6.57. The molecule has 0 saturated carbocycles. The molecular weight excluding hydrogens is 346 g/mol. The van der Waals surface area contributed by atoms with Crippen molar-refractivity contribution in [2.45, 2.75) is 30.3 Å². The Kier molecular flexibility index (Phi) is 5.25. The predicted molar refractivity (Wildman–Crippen MR) is 80.0 cm³/mol. The van der Waals surface area contributed by atoms with E-state index >= 15 is 0 Å². The van der Waals surface area contributed by atoms with Gasteiger partial charge in [-0.25, -0.2) is 13.1 Å². The average Bonchev–Trinajstić information content (AvgIpc) is 2.94. The fourth-order valence-electron chi connectivity index (χ4n) is 2.36. The summed E-state index contributed by atoms with van der Waals surface area (Å²) < 4.78 is 32.9. The molecule has 1 aromatic rings. The molecule has 20 heavy (non-hydrogen) atoms. The maximum atomic E-state index is 12.3. The smallest absolute Gasteiger partial charge is 0.245 e. The standard InChI is InChI=1S/C12H20BrN3O3S/c1-14-8-10-6-11(12(13)19-10)20(17,18)15-7-9-4-3-5-16(9)2/h6,9,14-15H,3-5,7-8H2,1-2H3. The fourth-order valence-corrected chi connectivity index (χ4v) is 4.43. The number of hydrogen-bond acceptors (Lipinski definition) is 5. The van der Waals surface area contributed by atoms with Gasteiger partial charge in [0.2, 0.25) is 10.0 Å². The molecule has 1 aromatic heterocycles. The SMILES string of the molecule is CNCc1cc(S(=O)(=O)NCC2CCCN2C)c(Br)o1. The van der Waals surface area contributed by atoms with E-state index in [-0.39, 0.29) is 15.6 Å². The van der Waals surface area contributed by atoms with Crippen molar-refractivity contribution < 1.29 is 12.8 Å². The molecule has 0 amide bonds. The third kappa shape index (κ3) is 3.62. The minimum absolute atomic E-state index is 0.156. The van der Waals surface area contributed by atoms with Crippen LogP contribution in [0.25, 0.3) is 0 Å². The number of sulfonamides is 1. The van der Waals surface area contributed by atoms with Gasteiger partial charge in [-0.05, 0) is 49.4 Å². The zero-order chi connectivity index (χ0) is 14.8. The topological polar surface area (TPSA) is 74.6 Å². The molecule has 1 saturated heterocycles. The van der Waals surface area contributed by atoms with E-state index in [4.69, 9.17) is 4.42 Å². The van der Waals surface area contributed by atoms with Crippen LogP contribution in [0.15, 0.2) is 20.0 Å². The summed E-state index contributed by atoms with van der Waals surface area (Å²) in [6.45, 7) is 1.94. The van der Waals surface area contributed by atoms with Crippen LogP contribution >= 0.6 is 15.9 Å². The summed E-state index contributed by atoms with van der Waals surface area (Å²) in [5.41, 5.74) is 0. The highest BCUT2D eigenvalue weighted by Crippen LogP contribution is 2.26. The molecule has 2 N–H and O–H groups in total. The molecule has 1 unspecified atom stereocenters. The van der Waals surface area contributed by atoms with Gasteiger partial charge in [0, 0.05) is 18.7 Å². The molecule has 0 radical (unpaired) electrons. The second-order valence-electron chi connectivity index (χ2n) is 5.01. The molecule has 1 aliphatic heterocycles. The van der Waals surface area contributed by atoms with Crippen molar-refractivity contribution in [1.82, 2.24) is 14.9 Å². The predicted octanol–water partition coefficient (Wildman–Crippen LogP) is 1.13. The molecule has 1 aliphatic rings. The van der Waals surface area contributed by atoms with Crippen LogP contribution in [0.4, 0.5) is 0 Å². The highest BCUT2D eigenvalue weighted by molar-refractivity contribution is 9.10. The zero-order valence-corrected chi connectivity index (χ0v) is 14.1. The number of rotatable bonds is 6. The Morgan fingerprint density at radius 3 is 2.90 bits per heavy atom. The van der Waals surface area contributed by atoms with Gasteiger partial charge < -0.3 is 14.6 Å². The van der Waals surface area contributed by atoms with E-state index in [1.165, 1.54) is 0 Å². The number of likely N-dealkylation sites (N-methyl/N-ethyl adjacent to an activating group) is 1. The first-order chi connectivity index (χ1) is 9.44. The van der Waals surface area contributed by atoms with E-state index in [0.29, 0.717) is 18.8 Å². The highest BCUT2D eigenvalue weighted by Gasteiger charge is 2.26. The van der Waals surface area contributed by atoms with E-state index in [0.717, 1.165) is 19.4 Å². The Balaban J connectivity index is 2.06. The summed E-state index contributed by atoms with van der Waals surface area (Å²) in [7, 11) is 0.251. The van der Waals surface area contributed by atoms with Crippen LogP contribution in [0.5, 0.6) is 0 Å². The summed E-state index contributed by atoms with van der Waals surface area (Å²) in [6.07, 6.45) is 2.14. The van der Waals surface area contributed by atoms with Crippen LogP contribution in [-0.4, -0.2) is 46.5 Å². The minimum Gasteiger partial charge on any atom is -0.452 e. The van der Waals surface area contributed by atoms with Crippen LogP contribution in [0.2, 0.25) is 0 Å². The number of hydrogen-bond donors (Lipinski definition) is 2. The Labute approximate surface area is 128 Å². The molecule has 8 heteroatoms. The van der Waals surface area contributed by atoms with E-state index in [1.54, 1.807) is 13.1 Å². The monoisotopic (exact) mass is 365 g/mol. The summed E-state index contributed by atoms with van der Waals surface area (Å²) in [5.74, 6) is 0.581. The Morgan fingerprint density at radius 2 is 2.30 bits per heavy atom. The van der Waals surface area contributed by atoms with Crippen LogP contribution in [0.3, 0.4) is 0 Å². The van der Waals surface area contributed by atoms with Crippen molar-refractivity contribution in [2.24, 2.45) is 0 Å². The third-order valence-corrected chi connectivity index (χ3v) is 5.81. The molecule has 2 heterocycles. The fraction of sp³-hybridized carbons (Fsp3) is 0.667. The quantitative estimate of drug-likeness (QED) is 0.790. The number of likely N-dealkylation sites (tertiary alicyclic amines) is 1. The van der Waals surface area contributed by atoms with Gasteiger partial charge in [-0.15, -0.1) is 0 Å². The Morgan fingerprint density at radius 1 is 1.55 bits per heavy atom. The van der Waals surface area contributed by atoms with Crippen molar-refractivity contribution in [3.8, 4) is 0 Å². The van der Waals surface area contributed by atoms with E-state index in [2.05, 4.69) is 30.9 Å². The van der Waals surface area contributed by atoms with Crippen molar-refractivity contribution in [3.63, 3.8) is 0 Å². The van der Waals surface area contributed by atoms with E-state index in [9.17, 15) is 8.42 Å². The van der Waals surface area contributed by atoms with Crippen molar-refractivity contribution >= 4 is 26.0 Å². The molecule has 0 spiro atoms. The minimum atomic E-state index is -3.54. The molecule has 6 nitrogen and oxygen atoms in total. The third-order valence-electron chi connectivity index (χ3n) is 3.53. The molecule has 1 fully saturated rings. The average molecular weight is 366 g/mol. The first kappa shape index (κ1) is 16.0. The molecule has 114 valence electrons. The lowest BCUT2D eigenvalue weighted by molar-refractivity contribution is 0.310. The van der Waals surface area contributed by atoms with Gasteiger partial charge in [0.25, 0.3) is 0 Å². The van der Waals surface area contributed by atoms with Crippen LogP contribution in [0.1, 0.15) is 18.6 Å². The second-order valence-corrected chi connectivity index (χ2v) is 7.47. The van der Waals surface area contributed by atoms with Gasteiger partial charge in [-0.2, -0.15) is 0 Å². The van der Waals surface area contributed by atoms with Crippen molar-refractivity contribution in [2.75, 3.05) is 27.2 Å². The highest BCUT2D eigenvalue weighted by atomic mass is 79.9. The molecular formula is C12H20BrN3O3S. The van der Waals surface area contributed by atoms with Crippen molar-refractivity contribution in [1.29, 1.82) is 0 Å². The van der Waals surface area contributed by atoms with E-state index < -0.39 is 10.0 Å². The molecule has 2 rings (SSSR count). The lowest BCUT2D eigenvalue weighted by Gasteiger charge is -2.19.